The number of benzene rings is 3. The third kappa shape index (κ3) is 10.5. The predicted molar refractivity (Wildman–Crippen MR) is 254 cm³/mol. The average Bonchev–Trinajstić information content (AvgIpc) is 4.03. The first-order valence-electron chi connectivity index (χ1n) is 23.5. The number of hydrogen-bond acceptors (Lipinski definition) is 11. The van der Waals surface area contributed by atoms with Crippen molar-refractivity contribution in [2.45, 2.75) is 110 Å². The SMILES string of the molecule is CCC[C@@H](CC)N(C(=O)[C@H](C)NC(=O)OC)[C@@H](C)c1nc2ccc3cc4c(cc3c2[nH]1)OCc1cc(-c2cnc([C@H](C)N(C[C@H](C)COC)C(=O)[C@@H](NC(=O)OC)C3CCOCC3)[nH]2)ccc1-4. The van der Waals surface area contributed by atoms with Gasteiger partial charge in [0.2, 0.25) is 11.8 Å². The Morgan fingerprint density at radius 3 is 2.31 bits per heavy atom. The summed E-state index contributed by atoms with van der Waals surface area (Å²) in [7, 11) is 4.21. The Labute approximate surface area is 392 Å². The minimum atomic E-state index is -0.791. The van der Waals surface area contributed by atoms with Crippen molar-refractivity contribution >= 4 is 45.8 Å². The van der Waals surface area contributed by atoms with Gasteiger partial charge in [-0.25, -0.2) is 19.6 Å². The molecule has 3 aromatic carbocycles. The van der Waals surface area contributed by atoms with Gasteiger partial charge in [0, 0.05) is 43.9 Å². The number of ether oxygens (including phenoxy) is 5. The molecule has 5 aromatic rings. The number of H-pyrrole nitrogens is 2. The topological polar surface area (TPSA) is 202 Å². The lowest BCUT2D eigenvalue weighted by Gasteiger charge is -2.37. The van der Waals surface area contributed by atoms with Crippen LogP contribution in [0, 0.1) is 11.8 Å². The Morgan fingerprint density at radius 1 is 0.866 bits per heavy atom. The molecule has 6 atom stereocenters. The van der Waals surface area contributed by atoms with Crippen LogP contribution in [0.25, 0.3) is 44.2 Å². The van der Waals surface area contributed by atoms with Gasteiger partial charge in [0.1, 0.15) is 36.1 Å². The molecule has 0 unspecified atom stereocenters. The van der Waals surface area contributed by atoms with E-state index in [4.69, 9.17) is 33.7 Å². The highest BCUT2D eigenvalue weighted by molar-refractivity contribution is 6.07. The van der Waals surface area contributed by atoms with Crippen molar-refractivity contribution in [2.24, 2.45) is 11.8 Å². The molecule has 0 saturated carbocycles. The van der Waals surface area contributed by atoms with Crippen molar-refractivity contribution in [1.29, 1.82) is 0 Å². The summed E-state index contributed by atoms with van der Waals surface area (Å²) in [5, 5.41) is 7.42. The lowest BCUT2D eigenvalue weighted by Crippen LogP contribution is -2.54. The zero-order chi connectivity index (χ0) is 47.9. The summed E-state index contributed by atoms with van der Waals surface area (Å²) in [6.45, 7) is 14.0. The number of rotatable bonds is 18. The van der Waals surface area contributed by atoms with E-state index in [9.17, 15) is 19.2 Å². The first-order valence-corrected chi connectivity index (χ1v) is 23.5. The van der Waals surface area contributed by atoms with Crippen molar-refractivity contribution in [3.63, 3.8) is 0 Å². The largest absolute Gasteiger partial charge is 0.488 e. The molecule has 4 N–H and O–H groups in total. The van der Waals surface area contributed by atoms with E-state index < -0.39 is 36.4 Å². The van der Waals surface area contributed by atoms with Gasteiger partial charge >= 0.3 is 12.2 Å². The summed E-state index contributed by atoms with van der Waals surface area (Å²) < 4.78 is 27.2. The summed E-state index contributed by atoms with van der Waals surface area (Å²) in [5.41, 5.74) is 6.38. The molecule has 0 aliphatic carbocycles. The second-order valence-electron chi connectivity index (χ2n) is 17.9. The van der Waals surface area contributed by atoms with Gasteiger partial charge in [-0.3, -0.25) is 9.59 Å². The summed E-state index contributed by atoms with van der Waals surface area (Å²) in [6, 6.07) is 12.0. The van der Waals surface area contributed by atoms with E-state index in [1.165, 1.54) is 14.2 Å². The van der Waals surface area contributed by atoms with Crippen LogP contribution in [0.5, 0.6) is 5.75 Å². The summed E-state index contributed by atoms with van der Waals surface area (Å²) in [6.07, 6.45) is 4.20. The van der Waals surface area contributed by atoms with Crippen LogP contribution in [-0.4, -0.2) is 120 Å². The molecule has 7 rings (SSSR count). The first-order chi connectivity index (χ1) is 32.3. The molecular weight excluding hydrogens is 857 g/mol. The van der Waals surface area contributed by atoms with Crippen LogP contribution in [0.3, 0.4) is 0 Å². The Bertz CT molecular complexity index is 2550. The van der Waals surface area contributed by atoms with Crippen molar-refractivity contribution in [1.82, 2.24) is 40.4 Å². The average molecular weight is 923 g/mol. The molecule has 0 bridgehead atoms. The van der Waals surface area contributed by atoms with E-state index in [2.05, 4.69) is 70.8 Å². The minimum absolute atomic E-state index is 0.0110. The van der Waals surface area contributed by atoms with Gasteiger partial charge in [-0.15, -0.1) is 0 Å². The summed E-state index contributed by atoms with van der Waals surface area (Å²) in [4.78, 5) is 73.5. The fraction of sp³-hybridized carbons (Fsp3) is 0.520. The predicted octanol–water partition coefficient (Wildman–Crippen LogP) is 8.20. The van der Waals surface area contributed by atoms with E-state index in [0.29, 0.717) is 57.5 Å². The normalized spacial score (nSPS) is 16.4. The number of nitrogens with one attached hydrogen (secondary N) is 4. The highest BCUT2D eigenvalue weighted by atomic mass is 16.5. The molecule has 17 nitrogen and oxygen atoms in total. The van der Waals surface area contributed by atoms with E-state index >= 15 is 0 Å². The number of aromatic amines is 2. The van der Waals surface area contributed by atoms with Crippen molar-refractivity contribution < 1.29 is 42.9 Å². The summed E-state index contributed by atoms with van der Waals surface area (Å²) in [5.74, 6) is 1.50. The number of amides is 4. The zero-order valence-electron chi connectivity index (χ0n) is 40.2. The Kier molecular flexibility index (Phi) is 15.7. The van der Waals surface area contributed by atoms with E-state index in [1.54, 1.807) is 25.1 Å². The van der Waals surface area contributed by atoms with E-state index in [-0.39, 0.29) is 29.7 Å². The zero-order valence-corrected chi connectivity index (χ0v) is 40.2. The highest BCUT2D eigenvalue weighted by Crippen LogP contribution is 2.43. The molecule has 2 aliphatic heterocycles. The van der Waals surface area contributed by atoms with Crippen LogP contribution in [0.15, 0.2) is 48.7 Å². The van der Waals surface area contributed by atoms with Gasteiger partial charge in [0.05, 0.1) is 55.8 Å². The number of fused-ring (bicyclic) bond motifs is 6. The second-order valence-corrected chi connectivity index (χ2v) is 17.9. The van der Waals surface area contributed by atoms with Crippen molar-refractivity contribution in [2.75, 3.05) is 47.7 Å². The molecule has 0 spiro atoms. The molecule has 1 fully saturated rings. The van der Waals surface area contributed by atoms with Crippen LogP contribution in [0.1, 0.15) is 103 Å². The molecular formula is C50H66N8O9. The number of alkyl carbamates (subject to hydrolysis) is 2. The molecule has 2 aliphatic rings. The van der Waals surface area contributed by atoms with Crippen LogP contribution >= 0.6 is 0 Å². The minimum Gasteiger partial charge on any atom is -0.488 e. The van der Waals surface area contributed by atoms with Gasteiger partial charge in [-0.2, -0.15) is 0 Å². The monoisotopic (exact) mass is 922 g/mol. The third-order valence-corrected chi connectivity index (χ3v) is 13.3. The molecule has 67 heavy (non-hydrogen) atoms. The quantitative estimate of drug-likeness (QED) is 0.0660. The molecule has 0 radical (unpaired) electrons. The number of hydrogen-bond donors (Lipinski definition) is 4. The molecule has 17 heteroatoms. The van der Waals surface area contributed by atoms with Gasteiger partial charge in [0.25, 0.3) is 0 Å². The number of imidazole rings is 2. The number of methoxy groups -OCH3 is 3. The number of carbonyl (C=O) groups is 4. The first kappa shape index (κ1) is 48.7. The molecule has 4 heterocycles. The van der Waals surface area contributed by atoms with Crippen molar-refractivity contribution in [3.8, 4) is 28.1 Å². The molecule has 1 saturated heterocycles. The lowest BCUT2D eigenvalue weighted by atomic mass is 9.90. The highest BCUT2D eigenvalue weighted by Gasteiger charge is 2.38. The van der Waals surface area contributed by atoms with Gasteiger partial charge in [0.15, 0.2) is 0 Å². The standard InChI is InChI=1S/C50H66N8O9/c1-10-12-36(11-2)58(47(59)29(4)52-49(61)64-8)31(6)46-53-40-16-14-33-22-39-37-15-13-34(21-35(37)27-67-42(39)23-38(33)44(40)55-46)41-24-51-45(54-41)30(5)57(25-28(3)26-63-7)48(60)43(56-50(62)65-9)32-17-19-66-20-18-32/h13-16,21-24,28-32,36,43H,10-12,17-20,25-27H2,1-9H3,(H,51,54)(H,52,61)(H,53,55)(H,56,62)/t28-,29-,30-,31-,36+,43-/m0/s1. The third-order valence-electron chi connectivity index (χ3n) is 13.3. The maximum Gasteiger partial charge on any atom is 0.407 e. The molecule has 4 amide bonds. The van der Waals surface area contributed by atoms with Crippen LogP contribution in [0.2, 0.25) is 0 Å². The van der Waals surface area contributed by atoms with Gasteiger partial charge in [-0.1, -0.05) is 45.4 Å². The Morgan fingerprint density at radius 2 is 1.61 bits per heavy atom. The lowest BCUT2D eigenvalue weighted by molar-refractivity contribution is -0.139. The van der Waals surface area contributed by atoms with E-state index in [1.807, 2.05) is 31.7 Å². The number of aromatic nitrogens is 4. The smallest absolute Gasteiger partial charge is 0.407 e. The maximum atomic E-state index is 14.5. The van der Waals surface area contributed by atoms with Crippen LogP contribution in [-0.2, 0) is 35.1 Å². The van der Waals surface area contributed by atoms with Crippen LogP contribution in [0.4, 0.5) is 9.59 Å². The van der Waals surface area contributed by atoms with Gasteiger partial charge in [-0.05, 0) is 105 Å². The Hall–Kier alpha value is -6.20. The maximum absolute atomic E-state index is 14.5. The Balaban J connectivity index is 1.15. The van der Waals surface area contributed by atoms with Gasteiger partial charge < -0.3 is 54.1 Å². The molecule has 360 valence electrons. The van der Waals surface area contributed by atoms with E-state index in [0.717, 1.165) is 74.8 Å². The fourth-order valence-corrected chi connectivity index (χ4v) is 9.64. The second kappa shape index (κ2) is 21.6. The fourth-order valence-electron chi connectivity index (χ4n) is 9.64. The number of nitrogens with zero attached hydrogens (tertiary/aromatic N) is 4. The summed E-state index contributed by atoms with van der Waals surface area (Å²) >= 11 is 0. The molecule has 2 aromatic heterocycles. The van der Waals surface area contributed by atoms with Crippen LogP contribution < -0.4 is 15.4 Å². The number of carbonyl (C=O) groups excluding carboxylic acids is 4. The van der Waals surface area contributed by atoms with Crippen molar-refractivity contribution in [3.05, 3.63) is 65.9 Å².